The molecule has 2 aliphatic rings. The SMILES string of the molecule is CC1=C[C@]2(O)c3cccc4c3c(cn4S(=O)(=O)c3ccc(C)cc3)C[C@H]2N(C)C1. The van der Waals surface area contributed by atoms with Crippen LogP contribution in [-0.4, -0.2) is 42.0 Å². The molecule has 1 aliphatic heterocycles. The lowest BCUT2D eigenvalue weighted by Gasteiger charge is -2.46. The third kappa shape index (κ3) is 2.56. The number of fused-ring (bicyclic) bond motifs is 2. The highest BCUT2D eigenvalue weighted by atomic mass is 32.2. The number of aromatic nitrogens is 1. The molecule has 5 rings (SSSR count). The Morgan fingerprint density at radius 3 is 2.55 bits per heavy atom. The Morgan fingerprint density at radius 2 is 1.83 bits per heavy atom. The summed E-state index contributed by atoms with van der Waals surface area (Å²) in [6, 6.07) is 12.4. The summed E-state index contributed by atoms with van der Waals surface area (Å²) < 4.78 is 28.2. The lowest BCUT2D eigenvalue weighted by atomic mass is 9.73. The Balaban J connectivity index is 1.77. The summed E-state index contributed by atoms with van der Waals surface area (Å²) in [4.78, 5) is 2.42. The number of hydrogen-bond donors (Lipinski definition) is 1. The fourth-order valence-electron chi connectivity index (χ4n) is 4.98. The Morgan fingerprint density at radius 1 is 1.10 bits per heavy atom. The largest absolute Gasteiger partial charge is 0.379 e. The molecule has 0 amide bonds. The zero-order chi connectivity index (χ0) is 20.6. The van der Waals surface area contributed by atoms with E-state index in [4.69, 9.17) is 0 Å². The standard InChI is InChI=1S/C23H24N2O3S/c1-15-7-9-18(10-8-15)29(27,28)25-14-17-11-21-23(26,12-16(2)13-24(21)3)19-5-4-6-20(25)22(17)19/h4-10,12,14,21,26H,11,13H2,1-3H3/t21-,23+/m1/s1. The molecule has 1 aromatic heterocycles. The molecule has 2 aromatic carbocycles. The number of nitrogens with zero attached hydrogens (tertiary/aromatic N) is 2. The molecule has 29 heavy (non-hydrogen) atoms. The lowest BCUT2D eigenvalue weighted by molar-refractivity contribution is -0.0139. The van der Waals surface area contributed by atoms with Gasteiger partial charge in [-0.25, -0.2) is 12.4 Å². The summed E-state index contributed by atoms with van der Waals surface area (Å²) in [7, 11) is -1.72. The molecule has 1 aliphatic carbocycles. The Bertz CT molecular complexity index is 1270. The van der Waals surface area contributed by atoms with Crippen LogP contribution in [0.1, 0.15) is 23.6 Å². The van der Waals surface area contributed by atoms with Crippen molar-refractivity contribution < 1.29 is 13.5 Å². The van der Waals surface area contributed by atoms with Crippen LogP contribution in [0.2, 0.25) is 0 Å². The molecule has 0 unspecified atom stereocenters. The van der Waals surface area contributed by atoms with E-state index in [0.717, 1.165) is 34.2 Å². The first kappa shape index (κ1) is 18.6. The molecule has 150 valence electrons. The van der Waals surface area contributed by atoms with Crippen LogP contribution in [0.4, 0.5) is 0 Å². The van der Waals surface area contributed by atoms with E-state index in [9.17, 15) is 13.5 Å². The van der Waals surface area contributed by atoms with Gasteiger partial charge in [-0.1, -0.05) is 35.4 Å². The van der Waals surface area contributed by atoms with E-state index in [1.54, 1.807) is 18.3 Å². The normalized spacial score (nSPS) is 24.4. The third-order valence-corrected chi connectivity index (χ3v) is 7.99. The molecule has 0 fully saturated rings. The van der Waals surface area contributed by atoms with E-state index in [2.05, 4.69) is 4.90 Å². The van der Waals surface area contributed by atoms with Crippen LogP contribution >= 0.6 is 0 Å². The lowest BCUT2D eigenvalue weighted by Crippen LogP contribution is -2.54. The van der Waals surface area contributed by atoms with Gasteiger partial charge in [0.25, 0.3) is 10.0 Å². The number of aryl methyl sites for hydroxylation is 1. The van der Waals surface area contributed by atoms with Gasteiger partial charge in [0.05, 0.1) is 16.5 Å². The molecule has 0 bridgehead atoms. The summed E-state index contributed by atoms with van der Waals surface area (Å²) in [5.41, 5.74) is 3.36. The van der Waals surface area contributed by atoms with Crippen molar-refractivity contribution in [2.75, 3.05) is 13.6 Å². The van der Waals surface area contributed by atoms with Gasteiger partial charge in [0.15, 0.2) is 0 Å². The number of rotatable bonds is 2. The molecular formula is C23H24N2O3S. The zero-order valence-electron chi connectivity index (χ0n) is 16.8. The van der Waals surface area contributed by atoms with Crippen LogP contribution < -0.4 is 0 Å². The summed E-state index contributed by atoms with van der Waals surface area (Å²) in [6.07, 6.45) is 4.28. The molecule has 3 aromatic rings. The van der Waals surface area contributed by atoms with Crippen LogP contribution in [0.15, 0.2) is 65.2 Å². The van der Waals surface area contributed by atoms with E-state index in [0.29, 0.717) is 11.9 Å². The van der Waals surface area contributed by atoms with Crippen LogP contribution in [0, 0.1) is 6.92 Å². The van der Waals surface area contributed by atoms with Crippen molar-refractivity contribution in [3.63, 3.8) is 0 Å². The van der Waals surface area contributed by atoms with Gasteiger partial charge in [0.2, 0.25) is 0 Å². The van der Waals surface area contributed by atoms with E-state index >= 15 is 0 Å². The van der Waals surface area contributed by atoms with Gasteiger partial charge in [-0.15, -0.1) is 0 Å². The highest BCUT2D eigenvalue weighted by molar-refractivity contribution is 7.90. The van der Waals surface area contributed by atoms with Gasteiger partial charge in [-0.05, 0) is 62.7 Å². The van der Waals surface area contributed by atoms with Crippen molar-refractivity contribution in [3.05, 3.63) is 77.0 Å². The molecule has 0 saturated carbocycles. The third-order valence-electron chi connectivity index (χ3n) is 6.30. The second-order valence-electron chi connectivity index (χ2n) is 8.42. The molecular weight excluding hydrogens is 384 g/mol. The smallest absolute Gasteiger partial charge is 0.268 e. The molecule has 1 N–H and O–H groups in total. The summed E-state index contributed by atoms with van der Waals surface area (Å²) in [5, 5.41) is 12.5. The van der Waals surface area contributed by atoms with E-state index in [-0.39, 0.29) is 10.9 Å². The van der Waals surface area contributed by atoms with Gasteiger partial charge < -0.3 is 5.11 Å². The van der Waals surface area contributed by atoms with Gasteiger partial charge >= 0.3 is 0 Å². The van der Waals surface area contributed by atoms with Crippen molar-refractivity contribution >= 4 is 20.9 Å². The van der Waals surface area contributed by atoms with E-state index < -0.39 is 15.6 Å². The summed E-state index contributed by atoms with van der Waals surface area (Å²) >= 11 is 0. The number of benzene rings is 2. The molecule has 2 heterocycles. The van der Waals surface area contributed by atoms with Crippen molar-refractivity contribution in [1.82, 2.24) is 8.87 Å². The minimum absolute atomic E-state index is 0.123. The number of likely N-dealkylation sites (N-methyl/N-ethyl adjacent to an activating group) is 1. The monoisotopic (exact) mass is 408 g/mol. The minimum Gasteiger partial charge on any atom is -0.379 e. The molecule has 0 spiro atoms. The fourth-order valence-corrected chi connectivity index (χ4v) is 6.37. The highest BCUT2D eigenvalue weighted by Gasteiger charge is 2.46. The average Bonchev–Trinajstić information content (AvgIpc) is 3.04. The first-order chi connectivity index (χ1) is 13.7. The highest BCUT2D eigenvalue weighted by Crippen LogP contribution is 2.45. The Labute approximate surface area is 170 Å². The predicted molar refractivity (Wildman–Crippen MR) is 113 cm³/mol. The van der Waals surface area contributed by atoms with Gasteiger partial charge in [-0.2, -0.15) is 0 Å². The van der Waals surface area contributed by atoms with Crippen molar-refractivity contribution in [2.24, 2.45) is 0 Å². The fraction of sp³-hybridized carbons (Fsp3) is 0.304. The first-order valence-electron chi connectivity index (χ1n) is 9.78. The molecule has 2 atom stereocenters. The average molecular weight is 409 g/mol. The zero-order valence-corrected chi connectivity index (χ0v) is 17.6. The second-order valence-corrected chi connectivity index (χ2v) is 10.2. The number of hydrogen-bond acceptors (Lipinski definition) is 4. The molecule has 5 nitrogen and oxygen atoms in total. The van der Waals surface area contributed by atoms with Gasteiger partial charge in [-0.3, -0.25) is 4.90 Å². The summed E-state index contributed by atoms with van der Waals surface area (Å²) in [6.45, 7) is 4.75. The van der Waals surface area contributed by atoms with E-state index in [1.807, 2.05) is 57.3 Å². The van der Waals surface area contributed by atoms with Crippen molar-refractivity contribution in [1.29, 1.82) is 0 Å². The van der Waals surface area contributed by atoms with Gasteiger partial charge in [0.1, 0.15) is 5.60 Å². The predicted octanol–water partition coefficient (Wildman–Crippen LogP) is 3.19. The maximum atomic E-state index is 13.4. The maximum absolute atomic E-state index is 13.4. The Kier molecular flexibility index (Phi) is 3.88. The van der Waals surface area contributed by atoms with Gasteiger partial charge in [0, 0.05) is 18.1 Å². The topological polar surface area (TPSA) is 62.5 Å². The van der Waals surface area contributed by atoms with Crippen LogP contribution in [0.5, 0.6) is 0 Å². The maximum Gasteiger partial charge on any atom is 0.268 e. The van der Waals surface area contributed by atoms with Crippen LogP contribution in [-0.2, 0) is 22.0 Å². The van der Waals surface area contributed by atoms with Crippen molar-refractivity contribution in [2.45, 2.75) is 36.8 Å². The van der Waals surface area contributed by atoms with Crippen LogP contribution in [0.3, 0.4) is 0 Å². The van der Waals surface area contributed by atoms with Crippen LogP contribution in [0.25, 0.3) is 10.9 Å². The second kappa shape index (κ2) is 6.05. The van der Waals surface area contributed by atoms with E-state index in [1.165, 1.54) is 3.97 Å². The minimum atomic E-state index is -3.73. The molecule has 6 heteroatoms. The quantitative estimate of drug-likeness (QED) is 0.662. The Hall–Kier alpha value is -2.41. The summed E-state index contributed by atoms with van der Waals surface area (Å²) in [5.74, 6) is 0. The molecule has 0 radical (unpaired) electrons. The number of aliphatic hydroxyl groups is 1. The first-order valence-corrected chi connectivity index (χ1v) is 11.2. The van der Waals surface area contributed by atoms with Crippen molar-refractivity contribution in [3.8, 4) is 0 Å². The molecule has 0 saturated heterocycles.